The smallest absolute Gasteiger partial charge is 0.318 e. The van der Waals surface area contributed by atoms with E-state index in [0.717, 1.165) is 159 Å². The number of nitro benzene ring substituents is 6. The fraction of sp³-hybridized carbons (Fsp3) is 0.586. The minimum Gasteiger partial charge on any atom is -0.481 e. The molecule has 0 aliphatic carbocycles. The highest BCUT2D eigenvalue weighted by atomic mass is 16.6. The molecule has 0 aliphatic heterocycles. The summed E-state index contributed by atoms with van der Waals surface area (Å²) in [6.45, 7) is 0. The van der Waals surface area contributed by atoms with Gasteiger partial charge >= 0.3 is 29.8 Å². The van der Waals surface area contributed by atoms with Crippen molar-refractivity contribution in [2.45, 2.75) is 365 Å². The molecule has 0 aliphatic rings. The second kappa shape index (κ2) is 69.2. The number of carboxylic acid groups (broad SMARTS) is 5. The van der Waals surface area contributed by atoms with Crippen LogP contribution >= 0.6 is 0 Å². The molecule has 127 heavy (non-hydrogen) atoms. The van der Waals surface area contributed by atoms with Gasteiger partial charge in [0.25, 0.3) is 34.1 Å². The Morgan fingerprint density at radius 3 is 0.827 bits per heavy atom. The molecule has 6 rings (SSSR count). The summed E-state index contributed by atoms with van der Waals surface area (Å²) in [5.74, 6) is -4.72. The van der Waals surface area contributed by atoms with E-state index in [4.69, 9.17) is 15.3 Å². The van der Waals surface area contributed by atoms with Crippen molar-refractivity contribution < 1.29 is 79.0 Å². The van der Waals surface area contributed by atoms with Crippen molar-refractivity contribution in [2.24, 2.45) is 5.92 Å². The number of unbranched alkanes of at least 4 members (excludes halogenated alkanes) is 43. The predicted octanol–water partition coefficient (Wildman–Crippen LogP) is 27.7. The minimum absolute atomic E-state index is 0.0260. The van der Waals surface area contributed by atoms with E-state index in [2.05, 4.69) is 0 Å². The first-order chi connectivity index (χ1) is 61.3. The lowest BCUT2D eigenvalue weighted by atomic mass is 9.70. The molecule has 0 spiro atoms. The topological polar surface area (TPSA) is 445 Å². The zero-order valence-electron chi connectivity index (χ0n) is 74.9. The Morgan fingerprint density at radius 2 is 0.528 bits per heavy atom. The molecule has 6 aromatic rings. The Morgan fingerprint density at radius 1 is 0.268 bits per heavy atom. The molecule has 700 valence electrons. The molecular weight excluding hydrogens is 1630 g/mol. The van der Waals surface area contributed by atoms with Crippen molar-refractivity contribution in [1.82, 2.24) is 0 Å². The lowest BCUT2D eigenvalue weighted by Gasteiger charge is -2.30. The number of rotatable bonds is 71. The first-order valence-corrected chi connectivity index (χ1v) is 46.8. The first kappa shape index (κ1) is 110. The molecular formula is C99H142N6O22. The van der Waals surface area contributed by atoms with Gasteiger partial charge in [0, 0.05) is 85.5 Å². The highest BCUT2D eigenvalue weighted by Crippen LogP contribution is 2.43. The van der Waals surface area contributed by atoms with E-state index in [1.165, 1.54) is 226 Å². The van der Waals surface area contributed by atoms with Gasteiger partial charge in [0.15, 0.2) is 0 Å². The van der Waals surface area contributed by atoms with Crippen molar-refractivity contribution in [2.75, 3.05) is 0 Å². The van der Waals surface area contributed by atoms with Crippen molar-refractivity contribution >= 4 is 64.0 Å². The maximum atomic E-state index is 12.9. The molecule has 2 atom stereocenters. The SMILES string of the molecule is O=C(O)C(CCCCCCCCCCCCC(C(=O)O)(c1ccc([N+](=O)[O-])cc1)c1ccccc1[N+](=O)[O-])Cc1ccc([N+](=O)[O-])cc1.O=C(O)CCCCCCCCCCCCCCCc1ccc([N+](=O)[O-])cc1.O=C(O)CCCCCCCCCCCCCCCc1ccccc1[N+](=O)[O-].O=C(O)CCCCCCCCCCCCCc1ccc([N+](=O)[O-])cc1. The van der Waals surface area contributed by atoms with E-state index < -0.39 is 55.9 Å². The summed E-state index contributed by atoms with van der Waals surface area (Å²) in [5, 5.41) is 112. The van der Waals surface area contributed by atoms with E-state index in [-0.39, 0.29) is 66.4 Å². The van der Waals surface area contributed by atoms with Crippen LogP contribution in [0.1, 0.15) is 367 Å². The van der Waals surface area contributed by atoms with Gasteiger partial charge in [-0.3, -0.25) is 84.7 Å². The monoisotopic (exact) mass is 1770 g/mol. The van der Waals surface area contributed by atoms with Gasteiger partial charge in [-0.1, -0.05) is 348 Å². The summed E-state index contributed by atoms with van der Waals surface area (Å²) < 4.78 is 0. The van der Waals surface area contributed by atoms with Crippen LogP contribution in [0.5, 0.6) is 0 Å². The van der Waals surface area contributed by atoms with Gasteiger partial charge in [0.1, 0.15) is 5.41 Å². The van der Waals surface area contributed by atoms with Crippen molar-refractivity contribution in [3.8, 4) is 0 Å². The summed E-state index contributed by atoms with van der Waals surface area (Å²) in [5.41, 5.74) is 2.53. The van der Waals surface area contributed by atoms with Crippen LogP contribution in [0, 0.1) is 66.6 Å². The fourth-order valence-electron chi connectivity index (χ4n) is 15.9. The Hall–Kier alpha value is -10.9. The summed E-state index contributed by atoms with van der Waals surface area (Å²) in [4.78, 5) is 119. The number of hydrogen-bond donors (Lipinski definition) is 5. The molecule has 6 aromatic carbocycles. The molecule has 0 saturated carbocycles. The van der Waals surface area contributed by atoms with Crippen LogP contribution < -0.4 is 0 Å². The van der Waals surface area contributed by atoms with Gasteiger partial charge in [0.05, 0.1) is 41.0 Å². The summed E-state index contributed by atoms with van der Waals surface area (Å²) in [6.07, 6.45) is 57.4. The van der Waals surface area contributed by atoms with Crippen molar-refractivity contribution in [3.05, 3.63) is 240 Å². The van der Waals surface area contributed by atoms with Gasteiger partial charge in [-0.25, -0.2) is 0 Å². The van der Waals surface area contributed by atoms with Crippen LogP contribution in [0.25, 0.3) is 0 Å². The average Bonchev–Trinajstić information content (AvgIpc) is 0.752. The fourth-order valence-corrected chi connectivity index (χ4v) is 15.9. The lowest BCUT2D eigenvalue weighted by Crippen LogP contribution is -2.38. The number of nitro groups is 6. The highest BCUT2D eigenvalue weighted by molar-refractivity contribution is 5.88. The molecule has 28 nitrogen and oxygen atoms in total. The quantitative estimate of drug-likeness (QED) is 0.0134. The van der Waals surface area contributed by atoms with Crippen LogP contribution in [-0.4, -0.2) is 84.9 Å². The predicted molar refractivity (Wildman–Crippen MR) is 496 cm³/mol. The maximum absolute atomic E-state index is 12.9. The van der Waals surface area contributed by atoms with Crippen molar-refractivity contribution in [1.29, 1.82) is 0 Å². The van der Waals surface area contributed by atoms with Gasteiger partial charge in [0.2, 0.25) is 0 Å². The molecule has 0 fully saturated rings. The van der Waals surface area contributed by atoms with Gasteiger partial charge in [-0.2, -0.15) is 0 Å². The molecule has 0 radical (unpaired) electrons. The molecule has 2 unspecified atom stereocenters. The van der Waals surface area contributed by atoms with Crippen LogP contribution in [0.2, 0.25) is 0 Å². The number of non-ortho nitro benzene ring substituents is 4. The van der Waals surface area contributed by atoms with E-state index in [1.54, 1.807) is 54.6 Å². The zero-order chi connectivity index (χ0) is 92.9. The van der Waals surface area contributed by atoms with Crippen LogP contribution in [0.15, 0.2) is 146 Å². The normalized spacial score (nSPS) is 11.6. The van der Waals surface area contributed by atoms with Gasteiger partial charge < -0.3 is 25.5 Å². The zero-order valence-corrected chi connectivity index (χ0v) is 74.9. The van der Waals surface area contributed by atoms with Gasteiger partial charge in [-0.05, 0) is 99.3 Å². The third-order valence-electron chi connectivity index (χ3n) is 23.4. The summed E-state index contributed by atoms with van der Waals surface area (Å²) >= 11 is 0. The molecule has 0 amide bonds. The number of carboxylic acids is 5. The molecule has 0 heterocycles. The van der Waals surface area contributed by atoms with E-state index >= 15 is 0 Å². The first-order valence-electron chi connectivity index (χ1n) is 46.8. The molecule has 0 saturated heterocycles. The number of benzene rings is 6. The Kier molecular flexibility index (Phi) is 60.1. The van der Waals surface area contributed by atoms with Crippen LogP contribution in [-0.2, 0) is 55.1 Å². The largest absolute Gasteiger partial charge is 0.481 e. The lowest BCUT2D eigenvalue weighted by molar-refractivity contribution is -0.386. The Labute approximate surface area is 749 Å². The molecule has 0 bridgehead atoms. The standard InChI is InChI=1S/C35H41N3O10.2C22H35NO4.C20H31NO4/c39-33(40)27(25-26-16-20-29(21-17-26)36(43)44)13-9-7-5-3-1-2-4-6-8-12-24-35(34(41)42,28-18-22-30(23-19-28)37(45)46)31-14-10-11-15-32(31)38(47)48;24-22(25)19-13-11-9-7-5-3-1-2-4-6-8-10-12-16-20-17-14-15-18-21(20)23(26)27;24-22(25)15-13-11-9-7-5-3-1-2-4-6-8-10-12-14-20-16-18-21(19-17-20)23(26)27;22-20(23)13-11-9-7-5-3-1-2-4-6-8-10-12-18-14-16-19(17-15-18)21(24)25/h10-11,14-23,27H,1-9,12-13,24-25H2,(H,39,40)(H,41,42);14-15,17-18H,1-13,16,19H2,(H,24,25);16-19H,1-15H2,(H,24,25);14-17H,1-13H2,(H,22,23). The van der Waals surface area contributed by atoms with Gasteiger partial charge in [-0.15, -0.1) is 0 Å². The Balaban J connectivity index is 0.000000457. The number of carbonyl (C=O) groups is 5. The third-order valence-corrected chi connectivity index (χ3v) is 23.4. The average molecular weight is 1770 g/mol. The number of nitrogens with zero attached hydrogens (tertiary/aromatic N) is 6. The maximum Gasteiger partial charge on any atom is 0.318 e. The van der Waals surface area contributed by atoms with Crippen LogP contribution in [0.3, 0.4) is 0 Å². The second-order valence-corrected chi connectivity index (χ2v) is 33.5. The molecule has 5 N–H and O–H groups in total. The Bertz CT molecular complexity index is 4110. The number of aliphatic carboxylic acids is 5. The minimum atomic E-state index is -1.75. The summed E-state index contributed by atoms with van der Waals surface area (Å²) in [6, 6.07) is 37.7. The number of para-hydroxylation sites is 2. The number of hydrogen-bond acceptors (Lipinski definition) is 17. The molecule has 28 heteroatoms. The van der Waals surface area contributed by atoms with Crippen LogP contribution in [0.4, 0.5) is 34.1 Å². The summed E-state index contributed by atoms with van der Waals surface area (Å²) in [7, 11) is 0. The molecule has 0 aromatic heterocycles. The number of aryl methyl sites for hydroxylation is 3. The van der Waals surface area contributed by atoms with Crippen molar-refractivity contribution in [3.63, 3.8) is 0 Å². The van der Waals surface area contributed by atoms with E-state index in [9.17, 15) is 94.9 Å². The highest BCUT2D eigenvalue weighted by Gasteiger charge is 2.46. The van der Waals surface area contributed by atoms with E-state index in [1.807, 2.05) is 36.4 Å². The van der Waals surface area contributed by atoms with E-state index in [0.29, 0.717) is 44.9 Å². The third kappa shape index (κ3) is 51.5. The second-order valence-electron chi connectivity index (χ2n) is 33.5.